The Bertz CT molecular complexity index is 3370. The van der Waals surface area contributed by atoms with Gasteiger partial charge in [0.05, 0.1) is 43.5 Å². The standard InChI is InChI=1S/C48H29N3S/c1-6-18-40-34(14-1)38-28-30(24-26-41(38)49(40)46-22-11-17-37-36-16-5-10-23-47(36)52-48(37)46)31-25-27-45-39(29-31)35-15-4-9-21-44(35)51(45)50-42-19-7-2-12-32(42)33-13-3-8-20-43(33)50/h1-29H. The number of nitrogens with zero attached hydrogens (tertiary/aromatic N) is 3. The van der Waals surface area contributed by atoms with Crippen molar-refractivity contribution < 1.29 is 0 Å². The lowest BCUT2D eigenvalue weighted by atomic mass is 10.0. The number of thiophene rings is 1. The molecule has 0 aliphatic carbocycles. The third-order valence-corrected chi connectivity index (χ3v) is 12.2. The topological polar surface area (TPSA) is 14.8 Å². The highest BCUT2D eigenvalue weighted by Gasteiger charge is 2.20. The van der Waals surface area contributed by atoms with Gasteiger partial charge < -0.3 is 4.57 Å². The van der Waals surface area contributed by atoms with Crippen molar-refractivity contribution in [2.24, 2.45) is 0 Å². The van der Waals surface area contributed by atoms with Gasteiger partial charge in [0.1, 0.15) is 0 Å². The van der Waals surface area contributed by atoms with Gasteiger partial charge in [-0.1, -0.05) is 115 Å². The van der Waals surface area contributed by atoms with E-state index in [1.54, 1.807) is 0 Å². The van der Waals surface area contributed by atoms with Crippen LogP contribution in [0, 0.1) is 0 Å². The number of hydrogen-bond acceptors (Lipinski definition) is 1. The molecule has 4 heteroatoms. The van der Waals surface area contributed by atoms with E-state index >= 15 is 0 Å². The Morgan fingerprint density at radius 2 is 0.731 bits per heavy atom. The second-order valence-corrected chi connectivity index (χ2v) is 14.8. The van der Waals surface area contributed by atoms with Crippen molar-refractivity contribution in [1.82, 2.24) is 13.9 Å². The SMILES string of the molecule is c1ccc2c(c1)sc1c(-n3c4ccccc4c4cc(-c5ccc6c(c5)c5ccccc5n6-n5c6ccccc6c6ccccc65)ccc43)cccc12. The highest BCUT2D eigenvalue weighted by Crippen LogP contribution is 2.42. The molecule has 0 N–H and O–H groups in total. The molecule has 4 aromatic heterocycles. The highest BCUT2D eigenvalue weighted by molar-refractivity contribution is 7.26. The molecule has 0 saturated heterocycles. The molecule has 0 amide bonds. The summed E-state index contributed by atoms with van der Waals surface area (Å²) in [5, 5.41) is 10.2. The van der Waals surface area contributed by atoms with Crippen molar-refractivity contribution in [3.05, 3.63) is 176 Å². The van der Waals surface area contributed by atoms with Crippen LogP contribution in [0.4, 0.5) is 0 Å². The van der Waals surface area contributed by atoms with Crippen molar-refractivity contribution in [2.45, 2.75) is 0 Å². The predicted octanol–water partition coefficient (Wildman–Crippen LogP) is 13.3. The number of fused-ring (bicyclic) bond motifs is 12. The van der Waals surface area contributed by atoms with Crippen molar-refractivity contribution in [2.75, 3.05) is 0 Å². The average Bonchev–Trinajstić information content (AvgIpc) is 3.94. The Morgan fingerprint density at radius 1 is 0.308 bits per heavy atom. The fraction of sp³-hybridized carbons (Fsp3) is 0. The van der Waals surface area contributed by atoms with E-state index in [0.29, 0.717) is 0 Å². The molecule has 0 radical (unpaired) electrons. The van der Waals surface area contributed by atoms with E-state index in [-0.39, 0.29) is 0 Å². The van der Waals surface area contributed by atoms with Crippen molar-refractivity contribution in [3.63, 3.8) is 0 Å². The monoisotopic (exact) mass is 679 g/mol. The Hall–Kier alpha value is -6.62. The lowest BCUT2D eigenvalue weighted by Crippen LogP contribution is -2.08. The first-order chi connectivity index (χ1) is 25.8. The molecule has 4 heterocycles. The molecule has 0 spiro atoms. The fourth-order valence-corrected chi connectivity index (χ4v) is 9.99. The molecule has 12 aromatic rings. The number of rotatable bonds is 3. The summed E-state index contributed by atoms with van der Waals surface area (Å²) in [7, 11) is 0. The highest BCUT2D eigenvalue weighted by atomic mass is 32.1. The van der Waals surface area contributed by atoms with Crippen LogP contribution in [0.15, 0.2) is 176 Å². The van der Waals surface area contributed by atoms with E-state index in [4.69, 9.17) is 0 Å². The number of benzene rings is 8. The minimum absolute atomic E-state index is 1.19. The van der Waals surface area contributed by atoms with Gasteiger partial charge in [-0.2, -0.15) is 0 Å². The minimum atomic E-state index is 1.19. The molecule has 0 bridgehead atoms. The third kappa shape index (κ3) is 3.74. The molecule has 0 unspecified atom stereocenters. The van der Waals surface area contributed by atoms with E-state index < -0.39 is 0 Å². The van der Waals surface area contributed by atoms with Gasteiger partial charge in [-0.25, -0.2) is 9.35 Å². The number of para-hydroxylation sites is 4. The first-order valence-electron chi connectivity index (χ1n) is 17.8. The van der Waals surface area contributed by atoms with Crippen LogP contribution in [-0.2, 0) is 0 Å². The lowest BCUT2D eigenvalue weighted by Gasteiger charge is -2.13. The molecule has 0 atom stereocenters. The molecule has 0 aliphatic heterocycles. The molecular weight excluding hydrogens is 651 g/mol. The van der Waals surface area contributed by atoms with Crippen molar-refractivity contribution >= 4 is 96.9 Å². The predicted molar refractivity (Wildman–Crippen MR) is 222 cm³/mol. The molecule has 0 fully saturated rings. The zero-order valence-corrected chi connectivity index (χ0v) is 28.8. The number of aromatic nitrogens is 3. The molecule has 0 aliphatic rings. The fourth-order valence-electron chi connectivity index (χ4n) is 8.79. The second-order valence-electron chi connectivity index (χ2n) is 13.7. The van der Waals surface area contributed by atoms with Crippen LogP contribution in [0.1, 0.15) is 0 Å². The third-order valence-electron chi connectivity index (χ3n) is 11.0. The number of hydrogen-bond donors (Lipinski definition) is 0. The van der Waals surface area contributed by atoms with Gasteiger partial charge in [0, 0.05) is 47.8 Å². The van der Waals surface area contributed by atoms with Crippen LogP contribution in [0.5, 0.6) is 0 Å². The molecule has 8 aromatic carbocycles. The van der Waals surface area contributed by atoms with Crippen LogP contribution in [0.2, 0.25) is 0 Å². The Kier molecular flexibility index (Phi) is 5.65. The molecule has 0 saturated carbocycles. The van der Waals surface area contributed by atoms with Crippen LogP contribution in [-0.4, -0.2) is 13.9 Å². The largest absolute Gasteiger partial charge is 0.308 e. The minimum Gasteiger partial charge on any atom is -0.308 e. The summed E-state index contributed by atoms with van der Waals surface area (Å²) in [4.78, 5) is 0. The zero-order valence-electron chi connectivity index (χ0n) is 28.0. The quantitative estimate of drug-likeness (QED) is 0.177. The van der Waals surface area contributed by atoms with Gasteiger partial charge in [0.25, 0.3) is 0 Å². The summed E-state index contributed by atoms with van der Waals surface area (Å²) in [6.07, 6.45) is 0. The van der Waals surface area contributed by atoms with Gasteiger partial charge in [-0.15, -0.1) is 11.3 Å². The Morgan fingerprint density at radius 3 is 1.37 bits per heavy atom. The van der Waals surface area contributed by atoms with Crippen LogP contribution < -0.4 is 0 Å². The van der Waals surface area contributed by atoms with Crippen molar-refractivity contribution in [3.8, 4) is 16.8 Å². The average molecular weight is 680 g/mol. The summed E-state index contributed by atoms with van der Waals surface area (Å²) in [5.41, 5.74) is 10.9. The lowest BCUT2D eigenvalue weighted by molar-refractivity contribution is 0.775. The smallest absolute Gasteiger partial charge is 0.0716 e. The van der Waals surface area contributed by atoms with E-state index in [1.807, 2.05) is 11.3 Å². The Balaban J connectivity index is 1.08. The van der Waals surface area contributed by atoms with E-state index in [0.717, 1.165) is 0 Å². The zero-order chi connectivity index (χ0) is 33.9. The van der Waals surface area contributed by atoms with Gasteiger partial charge >= 0.3 is 0 Å². The first kappa shape index (κ1) is 28.1. The van der Waals surface area contributed by atoms with Gasteiger partial charge in [-0.3, -0.25) is 0 Å². The summed E-state index contributed by atoms with van der Waals surface area (Å²) < 4.78 is 9.91. The molecule has 242 valence electrons. The van der Waals surface area contributed by atoms with E-state index in [9.17, 15) is 0 Å². The normalized spacial score (nSPS) is 12.2. The van der Waals surface area contributed by atoms with Crippen LogP contribution in [0.25, 0.3) is 102 Å². The summed E-state index contributed by atoms with van der Waals surface area (Å²) in [6, 6.07) is 64.7. The van der Waals surface area contributed by atoms with Crippen molar-refractivity contribution in [1.29, 1.82) is 0 Å². The maximum Gasteiger partial charge on any atom is 0.0716 e. The summed E-state index contributed by atoms with van der Waals surface area (Å²) in [6.45, 7) is 0. The molecule has 52 heavy (non-hydrogen) atoms. The molecule has 12 rings (SSSR count). The maximum absolute atomic E-state index is 2.47. The van der Waals surface area contributed by atoms with Gasteiger partial charge in [-0.05, 0) is 71.8 Å². The molecule has 3 nitrogen and oxygen atoms in total. The second kappa shape index (κ2) is 10.5. The van der Waals surface area contributed by atoms with Crippen LogP contribution in [0.3, 0.4) is 0 Å². The van der Waals surface area contributed by atoms with E-state index in [2.05, 4.69) is 190 Å². The van der Waals surface area contributed by atoms with Gasteiger partial charge in [0.2, 0.25) is 0 Å². The van der Waals surface area contributed by atoms with Gasteiger partial charge in [0.15, 0.2) is 0 Å². The molecular formula is C48H29N3S. The summed E-state index contributed by atoms with van der Waals surface area (Å²) >= 11 is 1.88. The van der Waals surface area contributed by atoms with Crippen LogP contribution >= 0.6 is 11.3 Å². The van der Waals surface area contributed by atoms with E-state index in [1.165, 1.54) is 102 Å². The maximum atomic E-state index is 2.47. The summed E-state index contributed by atoms with van der Waals surface area (Å²) in [5.74, 6) is 0. The Labute approximate surface area is 302 Å². The first-order valence-corrected chi connectivity index (χ1v) is 18.6.